The first-order valence-corrected chi connectivity index (χ1v) is 7.04. The molecule has 1 aromatic heterocycles. The summed E-state index contributed by atoms with van der Waals surface area (Å²) in [5, 5.41) is 4.28. The third kappa shape index (κ3) is 2.14. The molecule has 0 aliphatic heterocycles. The molecule has 1 aromatic carbocycles. The number of amides is 1. The van der Waals surface area contributed by atoms with Crippen molar-refractivity contribution in [3.8, 4) is 0 Å². The molecule has 1 fully saturated rings. The van der Waals surface area contributed by atoms with E-state index in [-0.39, 0.29) is 5.91 Å². The normalized spacial score (nSPS) is 26.7. The van der Waals surface area contributed by atoms with Gasteiger partial charge < -0.3 is 10.3 Å². The highest BCUT2D eigenvalue weighted by Crippen LogP contribution is 2.31. The second kappa shape index (κ2) is 4.72. The van der Waals surface area contributed by atoms with Crippen molar-refractivity contribution >= 4 is 16.8 Å². The van der Waals surface area contributed by atoms with Crippen LogP contribution in [0.4, 0.5) is 0 Å². The summed E-state index contributed by atoms with van der Waals surface area (Å²) in [6.07, 6.45) is 4.18. The second-order valence-electron chi connectivity index (χ2n) is 5.74. The summed E-state index contributed by atoms with van der Waals surface area (Å²) in [6, 6.07) is 8.14. The van der Waals surface area contributed by atoms with E-state index in [1.807, 2.05) is 30.5 Å². The van der Waals surface area contributed by atoms with Crippen molar-refractivity contribution < 1.29 is 4.79 Å². The Bertz CT molecular complexity index is 602. The second-order valence-corrected chi connectivity index (χ2v) is 5.74. The van der Waals surface area contributed by atoms with E-state index >= 15 is 0 Å². The molecule has 19 heavy (non-hydrogen) atoms. The van der Waals surface area contributed by atoms with Crippen LogP contribution in [0.3, 0.4) is 0 Å². The maximum atomic E-state index is 12.4. The molecule has 3 atom stereocenters. The molecule has 2 aromatic rings. The first kappa shape index (κ1) is 12.3. The predicted molar refractivity (Wildman–Crippen MR) is 77.1 cm³/mol. The van der Waals surface area contributed by atoms with Gasteiger partial charge in [-0.2, -0.15) is 0 Å². The van der Waals surface area contributed by atoms with Crippen LogP contribution in [0.1, 0.15) is 37.0 Å². The summed E-state index contributed by atoms with van der Waals surface area (Å²) < 4.78 is 0. The molecule has 1 aliphatic rings. The first-order chi connectivity index (χ1) is 9.16. The zero-order valence-corrected chi connectivity index (χ0v) is 11.4. The number of aromatic nitrogens is 1. The summed E-state index contributed by atoms with van der Waals surface area (Å²) >= 11 is 0. The lowest BCUT2D eigenvalue weighted by molar-refractivity contribution is 0.0929. The van der Waals surface area contributed by atoms with Crippen LogP contribution in [-0.2, 0) is 0 Å². The molecule has 2 N–H and O–H groups in total. The summed E-state index contributed by atoms with van der Waals surface area (Å²) in [4.78, 5) is 15.6. The van der Waals surface area contributed by atoms with Crippen LogP contribution in [0, 0.1) is 11.8 Å². The van der Waals surface area contributed by atoms with Gasteiger partial charge in [0, 0.05) is 17.6 Å². The predicted octanol–water partition coefficient (Wildman–Crippen LogP) is 3.33. The number of benzene rings is 1. The van der Waals surface area contributed by atoms with Crippen LogP contribution >= 0.6 is 0 Å². The lowest BCUT2D eigenvalue weighted by Gasteiger charge is -2.19. The van der Waals surface area contributed by atoms with Gasteiger partial charge in [0.05, 0.1) is 11.1 Å². The molecule has 3 rings (SSSR count). The van der Waals surface area contributed by atoms with Gasteiger partial charge in [0.15, 0.2) is 0 Å². The van der Waals surface area contributed by atoms with E-state index in [0.29, 0.717) is 17.9 Å². The largest absolute Gasteiger partial charge is 0.361 e. The summed E-state index contributed by atoms with van der Waals surface area (Å²) in [5.41, 5.74) is 1.67. The first-order valence-electron chi connectivity index (χ1n) is 7.04. The highest BCUT2D eigenvalue weighted by atomic mass is 16.1. The number of hydrogen-bond donors (Lipinski definition) is 2. The molecule has 100 valence electrons. The molecule has 3 heteroatoms. The lowest BCUT2D eigenvalue weighted by atomic mass is 9.97. The number of H-pyrrole nitrogens is 1. The van der Waals surface area contributed by atoms with Gasteiger partial charge in [0.2, 0.25) is 0 Å². The SMILES string of the molecule is CC1CCC(NC(=O)c2cccc3cc[nH]c23)C1C. The Morgan fingerprint density at radius 2 is 2.11 bits per heavy atom. The molecule has 1 saturated carbocycles. The van der Waals surface area contributed by atoms with Gasteiger partial charge in [-0.3, -0.25) is 4.79 Å². The van der Waals surface area contributed by atoms with Gasteiger partial charge in [-0.15, -0.1) is 0 Å². The van der Waals surface area contributed by atoms with Crippen molar-refractivity contribution in [2.45, 2.75) is 32.7 Å². The smallest absolute Gasteiger partial charge is 0.253 e. The minimum absolute atomic E-state index is 0.0407. The van der Waals surface area contributed by atoms with Crippen molar-refractivity contribution in [3.05, 3.63) is 36.0 Å². The average Bonchev–Trinajstić information content (AvgIpc) is 3.00. The maximum Gasteiger partial charge on any atom is 0.253 e. The van der Waals surface area contributed by atoms with E-state index in [4.69, 9.17) is 0 Å². The van der Waals surface area contributed by atoms with Gasteiger partial charge in [0.1, 0.15) is 0 Å². The Hall–Kier alpha value is -1.77. The molecule has 1 aliphatic carbocycles. The molecule has 0 bridgehead atoms. The molecule has 0 saturated heterocycles. The van der Waals surface area contributed by atoms with Crippen molar-refractivity contribution in [3.63, 3.8) is 0 Å². The number of fused-ring (bicyclic) bond motifs is 1. The summed E-state index contributed by atoms with van der Waals surface area (Å²) in [7, 11) is 0. The Morgan fingerprint density at radius 1 is 1.26 bits per heavy atom. The van der Waals surface area contributed by atoms with Gasteiger partial charge >= 0.3 is 0 Å². The lowest BCUT2D eigenvalue weighted by Crippen LogP contribution is -2.37. The molecule has 1 amide bonds. The van der Waals surface area contributed by atoms with E-state index in [1.165, 1.54) is 6.42 Å². The van der Waals surface area contributed by atoms with E-state index in [0.717, 1.165) is 22.9 Å². The minimum Gasteiger partial charge on any atom is -0.361 e. The standard InChI is InChI=1S/C16H20N2O/c1-10-6-7-14(11(10)2)18-16(19)13-5-3-4-12-8-9-17-15(12)13/h3-5,8-11,14,17H,6-7H2,1-2H3,(H,18,19). The Morgan fingerprint density at radius 3 is 2.84 bits per heavy atom. The van der Waals surface area contributed by atoms with E-state index in [2.05, 4.69) is 24.1 Å². The van der Waals surface area contributed by atoms with E-state index < -0.39 is 0 Å². The Balaban J connectivity index is 1.83. The zero-order valence-electron chi connectivity index (χ0n) is 11.4. The van der Waals surface area contributed by atoms with Gasteiger partial charge in [-0.25, -0.2) is 0 Å². The number of rotatable bonds is 2. The monoisotopic (exact) mass is 256 g/mol. The third-order valence-corrected chi connectivity index (χ3v) is 4.61. The van der Waals surface area contributed by atoms with Crippen LogP contribution in [0.2, 0.25) is 0 Å². The Labute approximate surface area is 113 Å². The number of hydrogen-bond acceptors (Lipinski definition) is 1. The molecular formula is C16H20N2O. The zero-order chi connectivity index (χ0) is 13.4. The topological polar surface area (TPSA) is 44.9 Å². The number of nitrogens with one attached hydrogen (secondary N) is 2. The van der Waals surface area contributed by atoms with E-state index in [9.17, 15) is 4.79 Å². The molecule has 3 unspecified atom stereocenters. The van der Waals surface area contributed by atoms with Crippen LogP contribution < -0.4 is 5.32 Å². The summed E-state index contributed by atoms with van der Waals surface area (Å²) in [6.45, 7) is 4.50. The molecular weight excluding hydrogens is 236 g/mol. The maximum absolute atomic E-state index is 12.4. The molecule has 1 heterocycles. The number of carbonyl (C=O) groups excluding carboxylic acids is 1. The molecule has 0 spiro atoms. The third-order valence-electron chi connectivity index (χ3n) is 4.61. The average molecular weight is 256 g/mol. The fourth-order valence-electron chi connectivity index (χ4n) is 3.09. The van der Waals surface area contributed by atoms with Crippen molar-refractivity contribution in [1.29, 1.82) is 0 Å². The highest BCUT2D eigenvalue weighted by molar-refractivity contribution is 6.05. The van der Waals surface area contributed by atoms with Gasteiger partial charge in [0.25, 0.3) is 5.91 Å². The number of aromatic amines is 1. The molecule has 3 nitrogen and oxygen atoms in total. The highest BCUT2D eigenvalue weighted by Gasteiger charge is 2.31. The number of carbonyl (C=O) groups is 1. The van der Waals surface area contributed by atoms with Crippen molar-refractivity contribution in [2.75, 3.05) is 0 Å². The summed E-state index contributed by atoms with van der Waals surface area (Å²) in [5.74, 6) is 1.30. The fourth-order valence-corrected chi connectivity index (χ4v) is 3.09. The fraction of sp³-hybridized carbons (Fsp3) is 0.438. The van der Waals surface area contributed by atoms with Crippen LogP contribution in [-0.4, -0.2) is 16.9 Å². The quantitative estimate of drug-likeness (QED) is 0.850. The van der Waals surface area contributed by atoms with Crippen molar-refractivity contribution in [1.82, 2.24) is 10.3 Å². The van der Waals surface area contributed by atoms with Crippen LogP contribution in [0.25, 0.3) is 10.9 Å². The van der Waals surface area contributed by atoms with Crippen LogP contribution in [0.5, 0.6) is 0 Å². The van der Waals surface area contributed by atoms with Gasteiger partial charge in [-0.1, -0.05) is 26.0 Å². The van der Waals surface area contributed by atoms with Crippen LogP contribution in [0.15, 0.2) is 30.5 Å². The van der Waals surface area contributed by atoms with Crippen molar-refractivity contribution in [2.24, 2.45) is 11.8 Å². The Kier molecular flexibility index (Phi) is 3.05. The molecule has 0 radical (unpaired) electrons. The minimum atomic E-state index is 0.0407. The number of para-hydroxylation sites is 1. The van der Waals surface area contributed by atoms with Gasteiger partial charge in [-0.05, 0) is 36.8 Å². The van der Waals surface area contributed by atoms with E-state index in [1.54, 1.807) is 0 Å².